The molecule has 27 heavy (non-hydrogen) atoms. The Morgan fingerprint density at radius 1 is 0.667 bits per heavy atom. The molecule has 2 nitrogen and oxygen atoms in total. The van der Waals surface area contributed by atoms with Gasteiger partial charge in [-0.3, -0.25) is 0 Å². The molecule has 0 aliphatic rings. The second-order valence-corrected chi connectivity index (χ2v) is 6.96. The number of unbranched alkanes of at least 4 members (excludes halogenated alkanes) is 10. The number of aryl methyl sites for hydroxylation is 1. The van der Waals surface area contributed by atoms with E-state index in [-0.39, 0.29) is 12.4 Å². The zero-order valence-corrected chi connectivity index (χ0v) is 17.9. The second-order valence-electron chi connectivity index (χ2n) is 6.96. The Morgan fingerprint density at radius 2 is 1.11 bits per heavy atom. The van der Waals surface area contributed by atoms with Crippen LogP contribution in [0.2, 0.25) is 0 Å². The third-order valence-electron chi connectivity index (χ3n) is 4.61. The van der Waals surface area contributed by atoms with Crippen LogP contribution in [0, 0.1) is 5.82 Å². The molecule has 0 saturated carbocycles. The number of halogens is 1. The third kappa shape index (κ3) is 18.2. The van der Waals surface area contributed by atoms with Gasteiger partial charge in [-0.05, 0) is 43.4 Å². The van der Waals surface area contributed by atoms with E-state index in [1.165, 1.54) is 69.8 Å². The van der Waals surface area contributed by atoms with Crippen molar-refractivity contribution < 1.29 is 14.2 Å². The second kappa shape index (κ2) is 21.4. The predicted molar refractivity (Wildman–Crippen MR) is 115 cm³/mol. The summed E-state index contributed by atoms with van der Waals surface area (Å²) in [4.78, 5) is 0. The first-order chi connectivity index (χ1) is 13.3. The van der Waals surface area contributed by atoms with Crippen molar-refractivity contribution in [1.82, 2.24) is 0 Å². The summed E-state index contributed by atoms with van der Waals surface area (Å²) in [6.45, 7) is 5.77. The fourth-order valence-corrected chi connectivity index (χ4v) is 3.04. The fourth-order valence-electron chi connectivity index (χ4n) is 3.04. The maximum Gasteiger partial charge on any atom is 0.123 e. The molecule has 0 saturated heterocycles. The number of ether oxygens (including phenoxy) is 1. The molecule has 1 aromatic rings. The Bertz CT molecular complexity index is 392. The average Bonchev–Trinajstić information content (AvgIpc) is 2.70. The molecule has 1 N–H and O–H groups in total. The van der Waals surface area contributed by atoms with Gasteiger partial charge in [0.2, 0.25) is 0 Å². The Labute approximate surface area is 167 Å². The fraction of sp³-hybridized carbons (Fsp3) is 0.750. The van der Waals surface area contributed by atoms with Crippen LogP contribution >= 0.6 is 0 Å². The summed E-state index contributed by atoms with van der Waals surface area (Å²) < 4.78 is 18.2. The zero-order valence-electron chi connectivity index (χ0n) is 17.9. The first-order valence-electron chi connectivity index (χ1n) is 11.3. The van der Waals surface area contributed by atoms with Gasteiger partial charge in [-0.15, -0.1) is 0 Å². The van der Waals surface area contributed by atoms with Crippen LogP contribution in [0.4, 0.5) is 4.39 Å². The highest BCUT2D eigenvalue weighted by atomic mass is 19.1. The van der Waals surface area contributed by atoms with Gasteiger partial charge in [0, 0.05) is 19.8 Å². The van der Waals surface area contributed by atoms with Crippen molar-refractivity contribution in [3.05, 3.63) is 35.6 Å². The van der Waals surface area contributed by atoms with Crippen molar-refractivity contribution in [2.75, 3.05) is 19.8 Å². The molecule has 0 aliphatic carbocycles. The molecule has 0 bridgehead atoms. The molecule has 0 radical (unpaired) electrons. The minimum absolute atomic E-state index is 0.143. The van der Waals surface area contributed by atoms with E-state index in [9.17, 15) is 4.39 Å². The SMILES string of the molecule is CC.OCCCOCCCCCCCCCCCCCc1ccc(F)cc1. The third-order valence-corrected chi connectivity index (χ3v) is 4.61. The first-order valence-corrected chi connectivity index (χ1v) is 11.3. The highest BCUT2D eigenvalue weighted by Crippen LogP contribution is 2.13. The summed E-state index contributed by atoms with van der Waals surface area (Å²) in [7, 11) is 0. The summed E-state index contributed by atoms with van der Waals surface area (Å²) in [6, 6.07) is 6.91. The van der Waals surface area contributed by atoms with Crippen LogP contribution in [0.5, 0.6) is 0 Å². The molecule has 0 spiro atoms. The van der Waals surface area contributed by atoms with Crippen molar-refractivity contribution in [2.45, 2.75) is 97.3 Å². The Morgan fingerprint density at radius 3 is 1.63 bits per heavy atom. The van der Waals surface area contributed by atoms with Gasteiger partial charge in [0.15, 0.2) is 0 Å². The molecular weight excluding hydrogens is 339 g/mol. The van der Waals surface area contributed by atoms with Crippen LogP contribution in [0.1, 0.15) is 96.5 Å². The van der Waals surface area contributed by atoms with Crippen LogP contribution < -0.4 is 0 Å². The molecule has 0 unspecified atom stereocenters. The highest BCUT2D eigenvalue weighted by Gasteiger charge is 1.96. The normalized spacial score (nSPS) is 10.5. The molecule has 3 heteroatoms. The lowest BCUT2D eigenvalue weighted by atomic mass is 10.0. The van der Waals surface area contributed by atoms with E-state index in [2.05, 4.69) is 0 Å². The lowest BCUT2D eigenvalue weighted by Gasteiger charge is -2.04. The van der Waals surface area contributed by atoms with Gasteiger partial charge in [0.1, 0.15) is 5.82 Å². The molecule has 0 aromatic heterocycles. The molecule has 0 fully saturated rings. The Balaban J connectivity index is 0.00000326. The predicted octanol–water partition coefficient (Wildman–Crippen LogP) is 7.08. The van der Waals surface area contributed by atoms with Gasteiger partial charge in [0.05, 0.1) is 0 Å². The van der Waals surface area contributed by atoms with E-state index in [0.717, 1.165) is 25.9 Å². The van der Waals surface area contributed by atoms with Gasteiger partial charge in [0.25, 0.3) is 0 Å². The van der Waals surface area contributed by atoms with E-state index < -0.39 is 0 Å². The van der Waals surface area contributed by atoms with Gasteiger partial charge in [-0.1, -0.05) is 83.8 Å². The molecule has 0 aliphatic heterocycles. The molecule has 158 valence electrons. The van der Waals surface area contributed by atoms with Crippen molar-refractivity contribution in [2.24, 2.45) is 0 Å². The standard InChI is InChI=1S/C22H37FO2.C2H6/c23-22-16-14-21(15-17-22)13-10-8-6-4-2-1-3-5-7-9-11-19-25-20-12-18-24;1-2/h14-17,24H,1-13,18-20H2;1-2H3. The first kappa shape index (κ1) is 26.1. The number of hydrogen-bond donors (Lipinski definition) is 1. The van der Waals surface area contributed by atoms with Crippen LogP contribution in [0.15, 0.2) is 24.3 Å². The summed E-state index contributed by atoms with van der Waals surface area (Å²) >= 11 is 0. The van der Waals surface area contributed by atoms with E-state index in [4.69, 9.17) is 9.84 Å². The van der Waals surface area contributed by atoms with E-state index in [1.54, 1.807) is 12.1 Å². The lowest BCUT2D eigenvalue weighted by molar-refractivity contribution is 0.112. The summed E-state index contributed by atoms with van der Waals surface area (Å²) in [5.74, 6) is -0.143. The van der Waals surface area contributed by atoms with Crippen LogP contribution in [0.3, 0.4) is 0 Å². The molecular formula is C24H43FO2. The summed E-state index contributed by atoms with van der Waals surface area (Å²) in [5, 5.41) is 8.63. The van der Waals surface area contributed by atoms with Gasteiger partial charge < -0.3 is 9.84 Å². The van der Waals surface area contributed by atoms with Gasteiger partial charge in [-0.2, -0.15) is 0 Å². The summed E-state index contributed by atoms with van der Waals surface area (Å²) in [6.07, 6.45) is 16.2. The molecule has 0 amide bonds. The van der Waals surface area contributed by atoms with Crippen LogP contribution in [-0.2, 0) is 11.2 Å². The summed E-state index contributed by atoms with van der Waals surface area (Å²) in [5.41, 5.74) is 1.25. The highest BCUT2D eigenvalue weighted by molar-refractivity contribution is 5.15. The van der Waals surface area contributed by atoms with Crippen LogP contribution in [0.25, 0.3) is 0 Å². The Kier molecular flexibility index (Phi) is 20.6. The van der Waals surface area contributed by atoms with E-state index in [0.29, 0.717) is 6.61 Å². The van der Waals surface area contributed by atoms with Crippen molar-refractivity contribution in [3.63, 3.8) is 0 Å². The molecule has 0 heterocycles. The van der Waals surface area contributed by atoms with Crippen molar-refractivity contribution >= 4 is 0 Å². The maximum absolute atomic E-state index is 12.8. The number of aliphatic hydroxyl groups excluding tert-OH is 1. The lowest BCUT2D eigenvalue weighted by Crippen LogP contribution is -1.98. The van der Waals surface area contributed by atoms with Crippen molar-refractivity contribution in [3.8, 4) is 0 Å². The maximum atomic E-state index is 12.8. The minimum Gasteiger partial charge on any atom is -0.396 e. The zero-order chi connectivity index (χ0) is 20.0. The monoisotopic (exact) mass is 382 g/mol. The van der Waals surface area contributed by atoms with Gasteiger partial charge >= 0.3 is 0 Å². The largest absolute Gasteiger partial charge is 0.396 e. The molecule has 0 atom stereocenters. The minimum atomic E-state index is -0.143. The molecule has 1 rings (SSSR count). The number of hydrogen-bond acceptors (Lipinski definition) is 2. The smallest absolute Gasteiger partial charge is 0.123 e. The van der Waals surface area contributed by atoms with E-state index >= 15 is 0 Å². The van der Waals surface area contributed by atoms with Crippen LogP contribution in [-0.4, -0.2) is 24.9 Å². The topological polar surface area (TPSA) is 29.5 Å². The molecule has 1 aromatic carbocycles. The number of aliphatic hydroxyl groups is 1. The quantitative estimate of drug-likeness (QED) is 0.292. The Hall–Kier alpha value is -0.930. The number of benzene rings is 1. The van der Waals surface area contributed by atoms with E-state index in [1.807, 2.05) is 26.0 Å². The number of rotatable bonds is 17. The van der Waals surface area contributed by atoms with Crippen molar-refractivity contribution in [1.29, 1.82) is 0 Å². The van der Waals surface area contributed by atoms with Gasteiger partial charge in [-0.25, -0.2) is 4.39 Å². The average molecular weight is 383 g/mol.